The summed E-state index contributed by atoms with van der Waals surface area (Å²) in [5.41, 5.74) is 3.06. The summed E-state index contributed by atoms with van der Waals surface area (Å²) in [5, 5.41) is 0. The van der Waals surface area contributed by atoms with E-state index in [9.17, 15) is 9.59 Å². The van der Waals surface area contributed by atoms with Gasteiger partial charge in [-0.05, 0) is 84.3 Å². The van der Waals surface area contributed by atoms with Gasteiger partial charge in [-0.25, -0.2) is 0 Å². The molecule has 1 fully saturated rings. The van der Waals surface area contributed by atoms with Gasteiger partial charge in [0.2, 0.25) is 0 Å². The van der Waals surface area contributed by atoms with E-state index in [4.69, 9.17) is 19.2 Å². The first-order valence-electron chi connectivity index (χ1n) is 12.2. The Morgan fingerprint density at radius 3 is 2.45 bits per heavy atom. The fraction of sp³-hybridized carbons (Fsp3) is 0.741. The van der Waals surface area contributed by atoms with Gasteiger partial charge >= 0.3 is 11.9 Å². The molecule has 0 N–H and O–H groups in total. The van der Waals surface area contributed by atoms with E-state index >= 15 is 0 Å². The van der Waals surface area contributed by atoms with Gasteiger partial charge in [0.15, 0.2) is 0 Å². The number of hydrogen-bond donors (Lipinski definition) is 0. The van der Waals surface area contributed by atoms with Crippen LogP contribution in [0.1, 0.15) is 93.9 Å². The Hall–Kier alpha value is -1.95. The largest absolute Gasteiger partial charge is 0.462 e. The number of rotatable bonds is 11. The minimum atomic E-state index is -0.558. The number of aliphatic imine (C=N–C) groups is 1. The number of ether oxygens (including phenoxy) is 3. The molecule has 0 aromatic rings. The summed E-state index contributed by atoms with van der Waals surface area (Å²) in [5.74, 6) is -0.213. The van der Waals surface area contributed by atoms with E-state index < -0.39 is 5.60 Å². The zero-order valence-electron chi connectivity index (χ0n) is 22.0. The van der Waals surface area contributed by atoms with Crippen LogP contribution in [0.3, 0.4) is 0 Å². The number of esters is 2. The van der Waals surface area contributed by atoms with Crippen molar-refractivity contribution >= 4 is 17.7 Å². The Kier molecular flexibility index (Phi) is 12.6. The van der Waals surface area contributed by atoms with Crippen LogP contribution < -0.4 is 0 Å². The average Bonchev–Trinajstić information content (AvgIpc) is 2.84. The normalized spacial score (nSPS) is 23.7. The van der Waals surface area contributed by atoms with E-state index in [2.05, 4.69) is 40.7 Å². The molecule has 0 saturated carbocycles. The maximum atomic E-state index is 11.8. The quantitative estimate of drug-likeness (QED) is 0.214. The molecule has 1 heterocycles. The molecule has 33 heavy (non-hydrogen) atoms. The number of carbonyl (C=O) groups is 2. The molecular formula is C27H45NO5. The van der Waals surface area contributed by atoms with Crippen LogP contribution in [0.4, 0.5) is 0 Å². The average molecular weight is 464 g/mol. The van der Waals surface area contributed by atoms with E-state index in [0.717, 1.165) is 37.7 Å². The van der Waals surface area contributed by atoms with E-state index in [1.807, 2.05) is 13.0 Å². The molecule has 0 bridgehead atoms. The van der Waals surface area contributed by atoms with Crippen molar-refractivity contribution in [2.75, 3.05) is 13.2 Å². The van der Waals surface area contributed by atoms with Gasteiger partial charge in [0.05, 0.1) is 6.61 Å². The smallest absolute Gasteiger partial charge is 0.303 e. The Morgan fingerprint density at radius 2 is 1.88 bits per heavy atom. The summed E-state index contributed by atoms with van der Waals surface area (Å²) < 4.78 is 17.1. The molecule has 3 atom stereocenters. The minimum absolute atomic E-state index is 0.240. The highest BCUT2D eigenvalue weighted by Gasteiger charge is 2.39. The maximum Gasteiger partial charge on any atom is 0.303 e. The van der Waals surface area contributed by atoms with Gasteiger partial charge in [0.25, 0.3) is 0 Å². The van der Waals surface area contributed by atoms with Crippen molar-refractivity contribution in [2.24, 2.45) is 10.9 Å². The fourth-order valence-corrected chi connectivity index (χ4v) is 4.05. The molecule has 0 radical (unpaired) electrons. The molecule has 1 rings (SSSR count). The first-order chi connectivity index (χ1) is 15.4. The predicted octanol–water partition coefficient (Wildman–Crippen LogP) is 5.99. The molecule has 0 aromatic heterocycles. The third kappa shape index (κ3) is 11.6. The summed E-state index contributed by atoms with van der Waals surface area (Å²) in [6, 6.07) is 0.279. The Balaban J connectivity index is 2.84. The Morgan fingerprint density at radius 1 is 1.18 bits per heavy atom. The van der Waals surface area contributed by atoms with Crippen LogP contribution in [0.2, 0.25) is 0 Å². The fourth-order valence-electron chi connectivity index (χ4n) is 4.05. The lowest BCUT2D eigenvalue weighted by molar-refractivity contribution is -0.167. The maximum absolute atomic E-state index is 11.8. The predicted molar refractivity (Wildman–Crippen MR) is 133 cm³/mol. The molecular weight excluding hydrogens is 418 g/mol. The second-order valence-electron chi connectivity index (χ2n) is 9.90. The molecule has 0 spiro atoms. The molecule has 0 amide bonds. The van der Waals surface area contributed by atoms with E-state index in [0.29, 0.717) is 18.9 Å². The molecule has 1 aliphatic rings. The lowest BCUT2D eigenvalue weighted by atomic mass is 9.87. The van der Waals surface area contributed by atoms with Crippen LogP contribution in [0.25, 0.3) is 0 Å². The van der Waals surface area contributed by atoms with Gasteiger partial charge in [-0.3, -0.25) is 14.6 Å². The van der Waals surface area contributed by atoms with Crippen molar-refractivity contribution in [3.8, 4) is 0 Å². The SMILES string of the molecule is CC(=O)OC/C=C1\CC[C@@H](OC(C)=O)[C@](C)(CCCC(C)/C(CC=C(C)C)=N\C(C)C)OC1. The highest BCUT2D eigenvalue weighted by Crippen LogP contribution is 2.34. The van der Waals surface area contributed by atoms with Gasteiger partial charge in [0.1, 0.15) is 18.3 Å². The number of carbonyl (C=O) groups excluding carboxylic acids is 2. The first kappa shape index (κ1) is 29.1. The van der Waals surface area contributed by atoms with E-state index in [1.54, 1.807) is 0 Å². The molecule has 188 valence electrons. The number of nitrogens with zero attached hydrogens (tertiary/aromatic N) is 1. The molecule has 0 aromatic carbocycles. The lowest BCUT2D eigenvalue weighted by Gasteiger charge is -2.35. The van der Waals surface area contributed by atoms with Crippen LogP contribution in [0.15, 0.2) is 28.3 Å². The van der Waals surface area contributed by atoms with Crippen LogP contribution in [0, 0.1) is 5.92 Å². The Bertz CT molecular complexity index is 733. The van der Waals surface area contributed by atoms with Crippen molar-refractivity contribution in [3.63, 3.8) is 0 Å². The third-order valence-corrected chi connectivity index (χ3v) is 5.99. The number of hydrogen-bond acceptors (Lipinski definition) is 6. The highest BCUT2D eigenvalue weighted by molar-refractivity contribution is 5.88. The van der Waals surface area contributed by atoms with Crippen molar-refractivity contribution in [2.45, 2.75) is 112 Å². The molecule has 6 heteroatoms. The second kappa shape index (κ2) is 14.3. The summed E-state index contributed by atoms with van der Waals surface area (Å²) in [4.78, 5) is 27.7. The van der Waals surface area contributed by atoms with Crippen LogP contribution in [0.5, 0.6) is 0 Å². The minimum Gasteiger partial charge on any atom is -0.462 e. The summed E-state index contributed by atoms with van der Waals surface area (Å²) in [7, 11) is 0. The zero-order valence-corrected chi connectivity index (χ0v) is 22.0. The third-order valence-electron chi connectivity index (χ3n) is 5.99. The molecule has 1 saturated heterocycles. The monoisotopic (exact) mass is 463 g/mol. The van der Waals surface area contributed by atoms with Gasteiger partial charge < -0.3 is 14.2 Å². The Labute approximate surface area is 200 Å². The van der Waals surface area contributed by atoms with Gasteiger partial charge in [-0.2, -0.15) is 0 Å². The molecule has 0 aliphatic carbocycles. The van der Waals surface area contributed by atoms with E-state index in [1.165, 1.54) is 25.1 Å². The van der Waals surface area contributed by atoms with Crippen LogP contribution >= 0.6 is 0 Å². The first-order valence-corrected chi connectivity index (χ1v) is 12.2. The van der Waals surface area contributed by atoms with Gasteiger partial charge in [-0.1, -0.05) is 18.6 Å². The van der Waals surface area contributed by atoms with Crippen molar-refractivity contribution in [3.05, 3.63) is 23.3 Å². The summed E-state index contributed by atoms with van der Waals surface area (Å²) in [6.45, 7) is 16.3. The second-order valence-corrected chi connectivity index (χ2v) is 9.90. The summed E-state index contributed by atoms with van der Waals surface area (Å²) >= 11 is 0. The lowest BCUT2D eigenvalue weighted by Crippen LogP contribution is -2.43. The summed E-state index contributed by atoms with van der Waals surface area (Å²) in [6.07, 6.45) is 8.92. The highest BCUT2D eigenvalue weighted by atomic mass is 16.6. The standard InChI is InChI=1S/C27H45NO5/c1-19(2)11-13-25(28-20(3)4)21(5)10-9-16-27(8)26(33-23(7)30)14-12-24(18-32-27)15-17-31-22(6)29/h11,15,20-21,26H,9-10,12-14,16-18H2,1-8H3/b24-15+,28-25-/t21?,26-,27+/m1/s1. The van der Waals surface area contributed by atoms with Crippen molar-refractivity contribution in [1.29, 1.82) is 0 Å². The topological polar surface area (TPSA) is 74.2 Å². The van der Waals surface area contributed by atoms with Gasteiger partial charge in [0, 0.05) is 32.0 Å². The van der Waals surface area contributed by atoms with Crippen molar-refractivity contribution < 1.29 is 23.8 Å². The number of allylic oxidation sites excluding steroid dienone is 2. The molecule has 1 unspecified atom stereocenters. The molecule has 6 nitrogen and oxygen atoms in total. The van der Waals surface area contributed by atoms with Gasteiger partial charge in [-0.15, -0.1) is 0 Å². The van der Waals surface area contributed by atoms with E-state index in [-0.39, 0.29) is 30.7 Å². The van der Waals surface area contributed by atoms with Crippen LogP contribution in [-0.2, 0) is 23.8 Å². The van der Waals surface area contributed by atoms with Crippen LogP contribution in [-0.4, -0.2) is 48.6 Å². The molecule has 1 aliphatic heterocycles. The van der Waals surface area contributed by atoms with Crippen molar-refractivity contribution in [1.82, 2.24) is 0 Å². The zero-order chi connectivity index (χ0) is 25.0.